The van der Waals surface area contributed by atoms with Gasteiger partial charge in [0.15, 0.2) is 0 Å². The van der Waals surface area contributed by atoms with Crippen LogP contribution in [0.2, 0.25) is 5.02 Å². The molecule has 3 nitrogen and oxygen atoms in total. The van der Waals surface area contributed by atoms with Crippen molar-refractivity contribution in [2.75, 3.05) is 6.54 Å². The van der Waals surface area contributed by atoms with E-state index < -0.39 is 6.10 Å². The maximum absolute atomic E-state index is 12.5. The molecule has 1 heterocycles. The van der Waals surface area contributed by atoms with E-state index in [1.165, 1.54) is 0 Å². The van der Waals surface area contributed by atoms with Gasteiger partial charge in [-0.1, -0.05) is 23.7 Å². The van der Waals surface area contributed by atoms with E-state index in [4.69, 9.17) is 11.6 Å². The molecule has 1 aromatic carbocycles. The molecule has 1 amide bonds. The van der Waals surface area contributed by atoms with E-state index in [9.17, 15) is 9.90 Å². The summed E-state index contributed by atoms with van der Waals surface area (Å²) >= 11 is 6.06. The maximum atomic E-state index is 12.5. The molecule has 0 spiro atoms. The number of halogens is 1. The number of carbonyl (C=O) groups excluding carboxylic acids is 1. The van der Waals surface area contributed by atoms with Gasteiger partial charge in [-0.05, 0) is 38.3 Å². The number of hydrogen-bond donors (Lipinski definition) is 1. The number of carbonyl (C=O) groups is 1. The zero-order chi connectivity index (χ0) is 13.1. The average molecular weight is 268 g/mol. The minimum atomic E-state index is -0.503. The summed E-state index contributed by atoms with van der Waals surface area (Å²) in [5.74, 6) is -0.0776. The third kappa shape index (κ3) is 2.68. The molecular weight excluding hydrogens is 250 g/mol. The van der Waals surface area contributed by atoms with Crippen molar-refractivity contribution in [1.82, 2.24) is 4.90 Å². The molecule has 0 aliphatic carbocycles. The number of likely N-dealkylation sites (tertiary alicyclic amines) is 1. The first-order valence-electron chi connectivity index (χ1n) is 6.35. The van der Waals surface area contributed by atoms with Crippen LogP contribution in [0.5, 0.6) is 0 Å². The van der Waals surface area contributed by atoms with Crippen LogP contribution in [-0.4, -0.2) is 34.6 Å². The fourth-order valence-electron chi connectivity index (χ4n) is 2.50. The van der Waals surface area contributed by atoms with Gasteiger partial charge < -0.3 is 10.0 Å². The highest BCUT2D eigenvalue weighted by Gasteiger charge is 2.31. The molecule has 0 radical (unpaired) electrons. The number of aliphatic hydroxyl groups excluding tert-OH is 1. The van der Waals surface area contributed by atoms with Crippen LogP contribution in [0, 0.1) is 0 Å². The predicted molar refractivity (Wildman–Crippen MR) is 71.8 cm³/mol. The first kappa shape index (κ1) is 13.4. The second-order valence-corrected chi connectivity index (χ2v) is 5.19. The molecule has 2 atom stereocenters. The monoisotopic (exact) mass is 267 g/mol. The van der Waals surface area contributed by atoms with E-state index in [0.29, 0.717) is 17.1 Å². The van der Waals surface area contributed by atoms with Crippen LogP contribution in [-0.2, 0) is 0 Å². The van der Waals surface area contributed by atoms with Crippen LogP contribution in [0.15, 0.2) is 24.3 Å². The molecule has 1 aliphatic heterocycles. The number of amides is 1. The molecule has 1 N–H and O–H groups in total. The third-order valence-electron chi connectivity index (χ3n) is 3.47. The smallest absolute Gasteiger partial charge is 0.255 e. The van der Waals surface area contributed by atoms with Crippen molar-refractivity contribution in [2.45, 2.75) is 38.3 Å². The van der Waals surface area contributed by atoms with Crippen molar-refractivity contribution < 1.29 is 9.90 Å². The second-order valence-electron chi connectivity index (χ2n) is 4.78. The van der Waals surface area contributed by atoms with E-state index in [1.807, 2.05) is 6.07 Å². The highest BCUT2D eigenvalue weighted by Crippen LogP contribution is 2.24. The van der Waals surface area contributed by atoms with Gasteiger partial charge in [-0.25, -0.2) is 0 Å². The Bertz CT molecular complexity index is 434. The average Bonchev–Trinajstić information content (AvgIpc) is 2.38. The van der Waals surface area contributed by atoms with E-state index in [1.54, 1.807) is 30.0 Å². The lowest BCUT2D eigenvalue weighted by Crippen LogP contribution is -2.49. The predicted octanol–water partition coefficient (Wildman–Crippen LogP) is 2.72. The molecule has 0 saturated carbocycles. The Morgan fingerprint density at radius 2 is 2.17 bits per heavy atom. The number of aliphatic hydroxyl groups is 1. The number of hydrogen-bond acceptors (Lipinski definition) is 2. The van der Waals surface area contributed by atoms with Gasteiger partial charge in [-0.3, -0.25) is 4.79 Å². The minimum Gasteiger partial charge on any atom is -0.391 e. The van der Waals surface area contributed by atoms with Crippen molar-refractivity contribution in [3.05, 3.63) is 34.9 Å². The van der Waals surface area contributed by atoms with Crippen LogP contribution >= 0.6 is 11.6 Å². The van der Waals surface area contributed by atoms with Crippen LogP contribution in [0.25, 0.3) is 0 Å². The zero-order valence-electron chi connectivity index (χ0n) is 10.5. The van der Waals surface area contributed by atoms with Crippen LogP contribution in [0.4, 0.5) is 0 Å². The van der Waals surface area contributed by atoms with E-state index in [2.05, 4.69) is 0 Å². The molecule has 0 aromatic heterocycles. The number of piperidine rings is 1. The molecule has 0 unspecified atom stereocenters. The van der Waals surface area contributed by atoms with Gasteiger partial charge in [0.25, 0.3) is 5.91 Å². The van der Waals surface area contributed by atoms with E-state index in [-0.39, 0.29) is 11.9 Å². The summed E-state index contributed by atoms with van der Waals surface area (Å²) < 4.78 is 0. The van der Waals surface area contributed by atoms with Crippen LogP contribution in [0.1, 0.15) is 36.5 Å². The summed E-state index contributed by atoms with van der Waals surface area (Å²) in [6.45, 7) is 2.43. The van der Waals surface area contributed by atoms with E-state index in [0.717, 1.165) is 19.3 Å². The first-order valence-corrected chi connectivity index (χ1v) is 6.72. The molecule has 0 bridgehead atoms. The van der Waals surface area contributed by atoms with Crippen LogP contribution < -0.4 is 0 Å². The number of benzene rings is 1. The second kappa shape index (κ2) is 5.72. The molecule has 4 heteroatoms. The van der Waals surface area contributed by atoms with Gasteiger partial charge in [0.2, 0.25) is 0 Å². The van der Waals surface area contributed by atoms with Crippen molar-refractivity contribution in [3.63, 3.8) is 0 Å². The van der Waals surface area contributed by atoms with Gasteiger partial charge in [-0.15, -0.1) is 0 Å². The van der Waals surface area contributed by atoms with Gasteiger partial charge in [0.1, 0.15) is 0 Å². The highest BCUT2D eigenvalue weighted by atomic mass is 35.5. The van der Waals surface area contributed by atoms with E-state index >= 15 is 0 Å². The number of rotatable bonds is 2. The Labute approximate surface area is 112 Å². The largest absolute Gasteiger partial charge is 0.391 e. The molecule has 1 aromatic rings. The Kier molecular flexibility index (Phi) is 4.25. The number of nitrogens with zero attached hydrogens (tertiary/aromatic N) is 1. The summed E-state index contributed by atoms with van der Waals surface area (Å²) in [4.78, 5) is 14.2. The SMILES string of the molecule is C[C@H](O)[C@H]1CCCCN1C(=O)c1ccccc1Cl. The molecule has 1 saturated heterocycles. The Morgan fingerprint density at radius 1 is 1.44 bits per heavy atom. The van der Waals surface area contributed by atoms with Gasteiger partial charge in [0.05, 0.1) is 22.7 Å². The van der Waals surface area contributed by atoms with Crippen molar-refractivity contribution in [1.29, 1.82) is 0 Å². The Hall–Kier alpha value is -1.06. The molecule has 1 aliphatic rings. The molecular formula is C14H18ClNO2. The Balaban J connectivity index is 2.24. The lowest BCUT2D eigenvalue weighted by atomic mass is 9.97. The standard InChI is InChI=1S/C14H18ClNO2/c1-10(17)13-8-4-5-9-16(13)14(18)11-6-2-3-7-12(11)15/h2-3,6-7,10,13,17H,4-5,8-9H2,1H3/t10-,13+/m0/s1. The molecule has 1 fully saturated rings. The quantitative estimate of drug-likeness (QED) is 0.895. The fraction of sp³-hybridized carbons (Fsp3) is 0.500. The summed E-state index contributed by atoms with van der Waals surface area (Å²) in [6.07, 6.45) is 2.39. The Morgan fingerprint density at radius 3 is 2.83 bits per heavy atom. The molecule has 2 rings (SSSR count). The maximum Gasteiger partial charge on any atom is 0.255 e. The third-order valence-corrected chi connectivity index (χ3v) is 3.80. The van der Waals surface area contributed by atoms with Crippen LogP contribution in [0.3, 0.4) is 0 Å². The first-order chi connectivity index (χ1) is 8.61. The fourth-order valence-corrected chi connectivity index (χ4v) is 2.72. The van der Waals surface area contributed by atoms with Crippen molar-refractivity contribution in [2.24, 2.45) is 0 Å². The molecule has 98 valence electrons. The normalized spacial score (nSPS) is 21.7. The van der Waals surface area contributed by atoms with Crippen molar-refractivity contribution >= 4 is 17.5 Å². The summed E-state index contributed by atoms with van der Waals surface area (Å²) in [7, 11) is 0. The highest BCUT2D eigenvalue weighted by molar-refractivity contribution is 6.33. The van der Waals surface area contributed by atoms with Gasteiger partial charge >= 0.3 is 0 Å². The summed E-state index contributed by atoms with van der Waals surface area (Å²) in [6, 6.07) is 6.97. The lowest BCUT2D eigenvalue weighted by Gasteiger charge is -2.37. The van der Waals surface area contributed by atoms with Gasteiger partial charge in [-0.2, -0.15) is 0 Å². The van der Waals surface area contributed by atoms with Gasteiger partial charge in [0, 0.05) is 6.54 Å². The lowest BCUT2D eigenvalue weighted by molar-refractivity contribution is 0.0281. The topological polar surface area (TPSA) is 40.5 Å². The minimum absolute atomic E-state index is 0.0776. The summed E-state index contributed by atoms with van der Waals surface area (Å²) in [5, 5.41) is 10.3. The zero-order valence-corrected chi connectivity index (χ0v) is 11.2. The summed E-state index contributed by atoms with van der Waals surface area (Å²) in [5.41, 5.74) is 0.520. The van der Waals surface area contributed by atoms with Crippen molar-refractivity contribution in [3.8, 4) is 0 Å². The molecule has 18 heavy (non-hydrogen) atoms.